The molecule has 1 amide bonds. The average Bonchev–Trinajstić information content (AvgIpc) is 2.42. The molecule has 0 saturated heterocycles. The van der Waals surface area contributed by atoms with Gasteiger partial charge in [0.15, 0.2) is 0 Å². The van der Waals surface area contributed by atoms with Crippen molar-refractivity contribution >= 4 is 27.5 Å². The number of anilines is 1. The van der Waals surface area contributed by atoms with E-state index in [-0.39, 0.29) is 12.3 Å². The Kier molecular flexibility index (Phi) is 2.51. The zero-order valence-corrected chi connectivity index (χ0v) is 10.7. The summed E-state index contributed by atoms with van der Waals surface area (Å²) in [5, 5.41) is 8.86. The van der Waals surface area contributed by atoms with Gasteiger partial charge < -0.3 is 4.90 Å². The van der Waals surface area contributed by atoms with Gasteiger partial charge in [0.2, 0.25) is 5.91 Å². The molecule has 0 N–H and O–H groups in total. The highest BCUT2D eigenvalue weighted by Gasteiger charge is 2.45. The van der Waals surface area contributed by atoms with Crippen molar-refractivity contribution in [3.8, 4) is 6.07 Å². The van der Waals surface area contributed by atoms with Crippen molar-refractivity contribution in [3.05, 3.63) is 28.2 Å². The maximum atomic E-state index is 12.1. The third-order valence-electron chi connectivity index (χ3n) is 3.12. The molecule has 0 fully saturated rings. The fraction of sp³-hybridized carbons (Fsp3) is 0.333. The van der Waals surface area contributed by atoms with E-state index in [0.717, 1.165) is 15.7 Å². The number of likely N-dealkylation sites (N-methyl/N-ethyl adjacent to an activating group) is 1. The number of amides is 1. The lowest BCUT2D eigenvalue weighted by Gasteiger charge is -2.19. The van der Waals surface area contributed by atoms with Crippen LogP contribution in [-0.4, -0.2) is 13.0 Å². The molecule has 1 aliphatic heterocycles. The number of rotatable bonds is 1. The molecule has 2 rings (SSSR count). The van der Waals surface area contributed by atoms with E-state index >= 15 is 0 Å². The Morgan fingerprint density at radius 3 is 2.88 bits per heavy atom. The highest BCUT2D eigenvalue weighted by Crippen LogP contribution is 2.43. The monoisotopic (exact) mass is 278 g/mol. The zero-order chi connectivity index (χ0) is 11.9. The van der Waals surface area contributed by atoms with Gasteiger partial charge in [0.25, 0.3) is 0 Å². The first-order chi connectivity index (χ1) is 7.50. The molecule has 0 aromatic heterocycles. The molecule has 1 aromatic rings. The number of carbonyl (C=O) groups excluding carboxylic acids is 1. The van der Waals surface area contributed by atoms with E-state index in [1.54, 1.807) is 11.9 Å². The summed E-state index contributed by atoms with van der Waals surface area (Å²) in [6, 6.07) is 7.83. The molecule has 1 unspecified atom stereocenters. The van der Waals surface area contributed by atoms with Crippen LogP contribution in [0.1, 0.15) is 18.9 Å². The van der Waals surface area contributed by atoms with Gasteiger partial charge in [-0.1, -0.05) is 15.9 Å². The molecule has 1 aliphatic rings. The predicted molar refractivity (Wildman–Crippen MR) is 65.1 cm³/mol. The van der Waals surface area contributed by atoms with Crippen LogP contribution < -0.4 is 4.90 Å². The topological polar surface area (TPSA) is 44.1 Å². The highest BCUT2D eigenvalue weighted by molar-refractivity contribution is 9.10. The van der Waals surface area contributed by atoms with Crippen LogP contribution >= 0.6 is 15.9 Å². The Morgan fingerprint density at radius 1 is 1.56 bits per heavy atom. The summed E-state index contributed by atoms with van der Waals surface area (Å²) >= 11 is 3.39. The number of nitrogens with zero attached hydrogens (tertiary/aromatic N) is 2. The van der Waals surface area contributed by atoms with E-state index in [2.05, 4.69) is 22.0 Å². The molecule has 0 spiro atoms. The van der Waals surface area contributed by atoms with Gasteiger partial charge in [-0.05, 0) is 30.7 Å². The summed E-state index contributed by atoms with van der Waals surface area (Å²) in [5.74, 6) is -0.0119. The minimum Gasteiger partial charge on any atom is -0.314 e. The maximum absolute atomic E-state index is 12.1. The lowest BCUT2D eigenvalue weighted by molar-refractivity contribution is -0.122. The van der Waals surface area contributed by atoms with E-state index in [1.165, 1.54) is 0 Å². The largest absolute Gasteiger partial charge is 0.314 e. The Hall–Kier alpha value is -1.34. The molecule has 3 nitrogen and oxygen atoms in total. The van der Waals surface area contributed by atoms with Crippen LogP contribution in [0.15, 0.2) is 22.7 Å². The zero-order valence-electron chi connectivity index (χ0n) is 9.12. The minimum absolute atomic E-state index is 0.0119. The molecule has 0 saturated carbocycles. The van der Waals surface area contributed by atoms with E-state index in [0.29, 0.717) is 0 Å². The van der Waals surface area contributed by atoms with Crippen molar-refractivity contribution in [2.45, 2.75) is 18.8 Å². The van der Waals surface area contributed by atoms with E-state index in [1.807, 2.05) is 25.1 Å². The first kappa shape index (κ1) is 11.2. The average molecular weight is 279 g/mol. The standard InChI is InChI=1S/C12H11BrN2O/c1-12(5-6-14)9-7-8(13)3-4-10(9)15(2)11(12)16/h3-4,7H,5H2,1-2H3. The number of benzene rings is 1. The Balaban J connectivity index is 2.65. The van der Waals surface area contributed by atoms with Gasteiger partial charge in [-0.3, -0.25) is 4.79 Å². The fourth-order valence-corrected chi connectivity index (χ4v) is 2.53. The number of halogens is 1. The molecular formula is C12H11BrN2O. The van der Waals surface area contributed by atoms with Gasteiger partial charge >= 0.3 is 0 Å². The maximum Gasteiger partial charge on any atom is 0.238 e. The molecular weight excluding hydrogens is 268 g/mol. The molecule has 0 bridgehead atoms. The van der Waals surface area contributed by atoms with Gasteiger partial charge in [0.1, 0.15) is 0 Å². The van der Waals surface area contributed by atoms with E-state index in [9.17, 15) is 4.79 Å². The second kappa shape index (κ2) is 3.60. The summed E-state index contributed by atoms with van der Waals surface area (Å²) in [4.78, 5) is 13.8. The first-order valence-electron chi connectivity index (χ1n) is 4.96. The SMILES string of the molecule is CN1C(=O)C(C)(CC#N)c2cc(Br)ccc21. The van der Waals surface area contributed by atoms with E-state index < -0.39 is 5.41 Å². The Bertz CT molecular complexity index is 506. The van der Waals surface area contributed by atoms with E-state index in [4.69, 9.17) is 5.26 Å². The number of carbonyl (C=O) groups is 1. The Morgan fingerprint density at radius 2 is 2.25 bits per heavy atom. The van der Waals surface area contributed by atoms with Gasteiger partial charge in [0, 0.05) is 17.2 Å². The third kappa shape index (κ3) is 1.35. The smallest absolute Gasteiger partial charge is 0.238 e. The second-order valence-electron chi connectivity index (χ2n) is 4.19. The number of hydrogen-bond donors (Lipinski definition) is 0. The number of fused-ring (bicyclic) bond motifs is 1. The van der Waals surface area contributed by atoms with Crippen molar-refractivity contribution < 1.29 is 4.79 Å². The van der Waals surface area contributed by atoms with Crippen molar-refractivity contribution in [2.75, 3.05) is 11.9 Å². The fourth-order valence-electron chi connectivity index (χ4n) is 2.17. The molecule has 4 heteroatoms. The molecule has 1 atom stereocenters. The molecule has 16 heavy (non-hydrogen) atoms. The van der Waals surface area contributed by atoms with Crippen molar-refractivity contribution in [2.24, 2.45) is 0 Å². The quantitative estimate of drug-likeness (QED) is 0.793. The second-order valence-corrected chi connectivity index (χ2v) is 5.11. The molecule has 0 aliphatic carbocycles. The van der Waals surface area contributed by atoms with Crippen LogP contribution in [-0.2, 0) is 10.2 Å². The normalized spacial score (nSPS) is 23.1. The van der Waals surface area contributed by atoms with Gasteiger partial charge in [0.05, 0.1) is 17.9 Å². The predicted octanol–water partition coefficient (Wildman–Crippen LogP) is 2.60. The summed E-state index contributed by atoms with van der Waals surface area (Å²) in [5.41, 5.74) is 1.12. The van der Waals surface area contributed by atoms with Gasteiger partial charge in [-0.25, -0.2) is 0 Å². The third-order valence-corrected chi connectivity index (χ3v) is 3.62. The minimum atomic E-state index is -0.706. The summed E-state index contributed by atoms with van der Waals surface area (Å²) in [7, 11) is 1.75. The lowest BCUT2D eigenvalue weighted by Crippen LogP contribution is -2.35. The van der Waals surface area contributed by atoms with Crippen molar-refractivity contribution in [3.63, 3.8) is 0 Å². The van der Waals surface area contributed by atoms with Gasteiger partial charge in [-0.2, -0.15) is 5.26 Å². The highest BCUT2D eigenvalue weighted by atomic mass is 79.9. The number of nitriles is 1. The molecule has 0 radical (unpaired) electrons. The van der Waals surface area contributed by atoms with Crippen molar-refractivity contribution in [1.82, 2.24) is 0 Å². The van der Waals surface area contributed by atoms with Crippen LogP contribution in [0.3, 0.4) is 0 Å². The van der Waals surface area contributed by atoms with Crippen LogP contribution in [0, 0.1) is 11.3 Å². The van der Waals surface area contributed by atoms with Crippen molar-refractivity contribution in [1.29, 1.82) is 5.26 Å². The van der Waals surface area contributed by atoms with Crippen LogP contribution in [0.25, 0.3) is 0 Å². The summed E-state index contributed by atoms with van der Waals surface area (Å²) in [6.07, 6.45) is 0.208. The molecule has 1 aromatic carbocycles. The Labute approximate surface area is 103 Å². The molecule has 82 valence electrons. The summed E-state index contributed by atoms with van der Waals surface area (Å²) < 4.78 is 0.929. The first-order valence-corrected chi connectivity index (χ1v) is 5.75. The number of hydrogen-bond acceptors (Lipinski definition) is 2. The van der Waals surface area contributed by atoms with Crippen LogP contribution in [0.5, 0.6) is 0 Å². The summed E-state index contributed by atoms with van der Waals surface area (Å²) in [6.45, 7) is 1.83. The van der Waals surface area contributed by atoms with Gasteiger partial charge in [-0.15, -0.1) is 0 Å². The molecule has 1 heterocycles. The lowest BCUT2D eigenvalue weighted by atomic mass is 9.81. The van der Waals surface area contributed by atoms with Crippen LogP contribution in [0.4, 0.5) is 5.69 Å². The van der Waals surface area contributed by atoms with Crippen LogP contribution in [0.2, 0.25) is 0 Å².